The summed E-state index contributed by atoms with van der Waals surface area (Å²) in [5.41, 5.74) is 4.00. The molecule has 0 amide bonds. The number of rotatable bonds is 7. The first-order valence-corrected chi connectivity index (χ1v) is 12.9. The van der Waals surface area contributed by atoms with Gasteiger partial charge in [-0.3, -0.25) is 4.68 Å². The van der Waals surface area contributed by atoms with Gasteiger partial charge >= 0.3 is 0 Å². The van der Waals surface area contributed by atoms with Crippen molar-refractivity contribution in [3.63, 3.8) is 0 Å². The van der Waals surface area contributed by atoms with Crippen LogP contribution in [-0.4, -0.2) is 60.6 Å². The minimum Gasteiger partial charge on any atom is -0.395 e. The van der Waals surface area contributed by atoms with Gasteiger partial charge in [-0.1, -0.05) is 11.8 Å². The van der Waals surface area contributed by atoms with E-state index < -0.39 is 5.82 Å². The minimum absolute atomic E-state index is 0.182. The predicted octanol–water partition coefficient (Wildman–Crippen LogP) is 4.47. The van der Waals surface area contributed by atoms with Crippen LogP contribution in [0.15, 0.2) is 52.9 Å². The quantitative estimate of drug-likeness (QED) is 0.396. The number of aliphatic hydroxyl groups excluding tert-OH is 1. The highest BCUT2D eigenvalue weighted by atomic mass is 32.2. The molecule has 0 aromatic carbocycles. The first-order valence-electron chi connectivity index (χ1n) is 12.1. The second-order valence-electron chi connectivity index (χ2n) is 9.20. The molecule has 1 saturated carbocycles. The number of aliphatic hydroxyl groups is 1. The Hall–Kier alpha value is -3.26. The van der Waals surface area contributed by atoms with Gasteiger partial charge in [0.05, 0.1) is 36.1 Å². The van der Waals surface area contributed by atoms with E-state index in [0.717, 1.165) is 42.5 Å². The Morgan fingerprint density at radius 2 is 2.06 bits per heavy atom. The molecule has 36 heavy (non-hydrogen) atoms. The third kappa shape index (κ3) is 4.62. The summed E-state index contributed by atoms with van der Waals surface area (Å²) in [4.78, 5) is 7.13. The smallest absolute Gasteiger partial charge is 0.155 e. The van der Waals surface area contributed by atoms with Gasteiger partial charge in [0.2, 0.25) is 0 Å². The van der Waals surface area contributed by atoms with Crippen molar-refractivity contribution in [1.82, 2.24) is 29.3 Å². The SMILES string of the molecule is Cc1c(-c2cc(Sc3ncccc3F)c3c(C#N)cnn3c2)cnn1[C@H]1CC[C@H](N(C)CCO)CC1. The van der Waals surface area contributed by atoms with Crippen LogP contribution in [0.2, 0.25) is 0 Å². The number of hydrogen-bond acceptors (Lipinski definition) is 7. The number of nitrogens with zero attached hydrogens (tertiary/aromatic N) is 7. The number of halogens is 1. The van der Waals surface area contributed by atoms with Crippen LogP contribution in [-0.2, 0) is 0 Å². The van der Waals surface area contributed by atoms with Gasteiger partial charge in [0.25, 0.3) is 0 Å². The van der Waals surface area contributed by atoms with Gasteiger partial charge in [-0.05, 0) is 57.9 Å². The number of hydrogen-bond donors (Lipinski definition) is 1. The first kappa shape index (κ1) is 24.4. The van der Waals surface area contributed by atoms with Crippen molar-refractivity contribution in [3.05, 3.63) is 60.1 Å². The van der Waals surface area contributed by atoms with Crippen molar-refractivity contribution in [2.24, 2.45) is 0 Å². The third-order valence-corrected chi connectivity index (χ3v) is 8.10. The van der Waals surface area contributed by atoms with E-state index in [0.29, 0.717) is 34.6 Å². The zero-order valence-electron chi connectivity index (χ0n) is 20.3. The minimum atomic E-state index is -0.409. The number of aromatic nitrogens is 5. The Morgan fingerprint density at radius 3 is 2.78 bits per heavy atom. The average molecular weight is 506 g/mol. The summed E-state index contributed by atoms with van der Waals surface area (Å²) in [6, 6.07) is 7.90. The zero-order chi connectivity index (χ0) is 25.2. The lowest BCUT2D eigenvalue weighted by Gasteiger charge is -2.34. The van der Waals surface area contributed by atoms with E-state index in [2.05, 4.69) is 39.7 Å². The van der Waals surface area contributed by atoms with E-state index >= 15 is 0 Å². The second-order valence-corrected chi connectivity index (χ2v) is 10.2. The maximum absolute atomic E-state index is 14.4. The predicted molar refractivity (Wildman–Crippen MR) is 135 cm³/mol. The highest BCUT2D eigenvalue weighted by Gasteiger charge is 2.27. The molecular formula is C26H28FN7OS. The molecule has 1 N–H and O–H groups in total. The summed E-state index contributed by atoms with van der Waals surface area (Å²) in [5, 5.41) is 28.2. The molecule has 0 saturated heterocycles. The van der Waals surface area contributed by atoms with E-state index in [1.165, 1.54) is 24.0 Å². The normalized spacial score (nSPS) is 18.1. The van der Waals surface area contributed by atoms with E-state index in [-0.39, 0.29) is 11.6 Å². The molecule has 5 rings (SSSR count). The maximum atomic E-state index is 14.4. The molecule has 0 radical (unpaired) electrons. The van der Waals surface area contributed by atoms with Crippen molar-refractivity contribution in [1.29, 1.82) is 5.26 Å². The Morgan fingerprint density at radius 1 is 1.25 bits per heavy atom. The fourth-order valence-electron chi connectivity index (χ4n) is 5.10. The second kappa shape index (κ2) is 10.4. The van der Waals surface area contributed by atoms with Crippen LogP contribution in [0.4, 0.5) is 4.39 Å². The van der Waals surface area contributed by atoms with Crippen molar-refractivity contribution < 1.29 is 9.50 Å². The van der Waals surface area contributed by atoms with Gasteiger partial charge < -0.3 is 10.0 Å². The number of fused-ring (bicyclic) bond motifs is 1. The summed E-state index contributed by atoms with van der Waals surface area (Å²) >= 11 is 1.19. The summed E-state index contributed by atoms with van der Waals surface area (Å²) in [5.74, 6) is -0.409. The zero-order valence-corrected chi connectivity index (χ0v) is 21.1. The highest BCUT2D eigenvalue weighted by Crippen LogP contribution is 2.38. The van der Waals surface area contributed by atoms with Gasteiger partial charge in [0, 0.05) is 46.7 Å². The molecule has 0 aliphatic heterocycles. The average Bonchev–Trinajstić information content (AvgIpc) is 3.49. The number of nitriles is 1. The monoisotopic (exact) mass is 505 g/mol. The Bertz CT molecular complexity index is 1420. The van der Waals surface area contributed by atoms with E-state index in [1.807, 2.05) is 18.5 Å². The fourth-order valence-corrected chi connectivity index (χ4v) is 6.07. The molecule has 10 heteroatoms. The Balaban J connectivity index is 1.47. The lowest BCUT2D eigenvalue weighted by Crippen LogP contribution is -2.37. The molecule has 1 aliphatic rings. The van der Waals surface area contributed by atoms with Crippen LogP contribution in [0.1, 0.15) is 43.0 Å². The van der Waals surface area contributed by atoms with Gasteiger partial charge in [-0.2, -0.15) is 15.5 Å². The molecule has 0 spiro atoms. The van der Waals surface area contributed by atoms with Crippen molar-refractivity contribution in [2.45, 2.75) is 54.6 Å². The highest BCUT2D eigenvalue weighted by molar-refractivity contribution is 7.99. The van der Waals surface area contributed by atoms with Crippen LogP contribution in [0, 0.1) is 24.1 Å². The standard InChI is InChI=1S/C26H28FN7OS/c1-17-22(15-31-34(17)21-7-5-20(6-8-21)32(2)10-11-35)18-12-24(36-26-23(27)4-3-9-29-26)25-19(13-28)14-30-33(25)16-18/h3-4,9,12,14-16,20-21,35H,5-8,10-11H2,1-2H3/t20-,21-. The van der Waals surface area contributed by atoms with Crippen LogP contribution in [0.5, 0.6) is 0 Å². The molecular weight excluding hydrogens is 477 g/mol. The van der Waals surface area contributed by atoms with E-state index in [4.69, 9.17) is 5.10 Å². The molecule has 4 heterocycles. The summed E-state index contributed by atoms with van der Waals surface area (Å²) in [6.45, 7) is 2.96. The molecule has 4 aromatic rings. The van der Waals surface area contributed by atoms with Crippen LogP contribution < -0.4 is 0 Å². The lowest BCUT2D eigenvalue weighted by atomic mass is 9.90. The fraction of sp³-hybridized carbons (Fsp3) is 0.385. The summed E-state index contributed by atoms with van der Waals surface area (Å²) in [6.07, 6.45) is 11.1. The molecule has 186 valence electrons. The van der Waals surface area contributed by atoms with Gasteiger partial charge in [-0.15, -0.1) is 0 Å². The molecule has 1 aliphatic carbocycles. The number of pyridine rings is 2. The first-order chi connectivity index (χ1) is 17.5. The topological polar surface area (TPSA) is 95.3 Å². The summed E-state index contributed by atoms with van der Waals surface area (Å²) < 4.78 is 18.2. The van der Waals surface area contributed by atoms with Gasteiger partial charge in [0.15, 0.2) is 5.82 Å². The molecule has 0 bridgehead atoms. The number of likely N-dealkylation sites (N-methyl/N-ethyl adjacent to an activating group) is 1. The van der Waals surface area contributed by atoms with Crippen molar-refractivity contribution in [2.75, 3.05) is 20.2 Å². The molecule has 4 aromatic heterocycles. The molecule has 0 atom stereocenters. The molecule has 1 fully saturated rings. The van der Waals surface area contributed by atoms with E-state index in [9.17, 15) is 14.8 Å². The largest absolute Gasteiger partial charge is 0.395 e. The third-order valence-electron chi connectivity index (χ3n) is 7.07. The van der Waals surface area contributed by atoms with Crippen LogP contribution >= 0.6 is 11.8 Å². The van der Waals surface area contributed by atoms with Crippen LogP contribution in [0.3, 0.4) is 0 Å². The van der Waals surface area contributed by atoms with Gasteiger partial charge in [0.1, 0.15) is 11.1 Å². The molecule has 8 nitrogen and oxygen atoms in total. The van der Waals surface area contributed by atoms with Crippen molar-refractivity contribution in [3.8, 4) is 17.2 Å². The lowest BCUT2D eigenvalue weighted by molar-refractivity contribution is 0.134. The Kier molecular flexibility index (Phi) is 7.05. The van der Waals surface area contributed by atoms with Crippen molar-refractivity contribution >= 4 is 17.3 Å². The summed E-state index contributed by atoms with van der Waals surface area (Å²) in [7, 11) is 2.08. The van der Waals surface area contributed by atoms with Gasteiger partial charge in [-0.25, -0.2) is 13.9 Å². The Labute approximate surface area is 213 Å². The van der Waals surface area contributed by atoms with E-state index in [1.54, 1.807) is 16.8 Å². The maximum Gasteiger partial charge on any atom is 0.155 e. The molecule has 0 unspecified atom stereocenters. The van der Waals surface area contributed by atoms with Crippen LogP contribution in [0.25, 0.3) is 16.6 Å².